The van der Waals surface area contributed by atoms with Crippen LogP contribution in [0.5, 0.6) is 5.75 Å². The number of nitrogens with zero attached hydrogens (tertiary/aromatic N) is 2. The molecule has 25 heavy (non-hydrogen) atoms. The van der Waals surface area contributed by atoms with E-state index in [4.69, 9.17) is 9.05 Å². The molecule has 1 unspecified atom stereocenters. The molecule has 2 aromatic rings. The lowest BCUT2D eigenvalue weighted by atomic mass is 10.2. The zero-order valence-corrected chi connectivity index (χ0v) is 15.3. The van der Waals surface area contributed by atoms with Crippen LogP contribution in [0.15, 0.2) is 59.7 Å². The van der Waals surface area contributed by atoms with Crippen molar-refractivity contribution in [1.82, 2.24) is 5.01 Å². The van der Waals surface area contributed by atoms with E-state index in [9.17, 15) is 9.36 Å². The van der Waals surface area contributed by atoms with Crippen molar-refractivity contribution < 1.29 is 18.4 Å². The molecule has 0 radical (unpaired) electrons. The van der Waals surface area contributed by atoms with Crippen molar-refractivity contribution in [2.75, 3.05) is 20.3 Å². The molecule has 0 spiro atoms. The fraction of sp³-hybridized carbons (Fsp3) is 0.222. The maximum atomic E-state index is 12.5. The van der Waals surface area contributed by atoms with Gasteiger partial charge in [-0.15, -0.1) is 0 Å². The molecule has 0 aromatic heterocycles. The van der Waals surface area contributed by atoms with Crippen LogP contribution < -0.4 is 4.52 Å². The number of carbonyl (C=O) groups is 1. The van der Waals surface area contributed by atoms with Crippen LogP contribution >= 0.6 is 7.60 Å². The summed E-state index contributed by atoms with van der Waals surface area (Å²) >= 11 is 0. The second-order valence-electron chi connectivity index (χ2n) is 5.21. The van der Waals surface area contributed by atoms with Crippen molar-refractivity contribution in [2.24, 2.45) is 5.10 Å². The molecule has 0 aliphatic rings. The minimum atomic E-state index is -3.19. The lowest BCUT2D eigenvalue weighted by molar-refractivity contribution is 0.0770. The summed E-state index contributed by atoms with van der Waals surface area (Å²) < 4.78 is 22.3. The fourth-order valence-corrected chi connectivity index (χ4v) is 2.62. The van der Waals surface area contributed by atoms with E-state index < -0.39 is 7.60 Å². The quantitative estimate of drug-likeness (QED) is 0.425. The van der Waals surface area contributed by atoms with Gasteiger partial charge in [0.1, 0.15) is 5.75 Å². The summed E-state index contributed by atoms with van der Waals surface area (Å²) in [5.41, 5.74) is 1.16. The van der Waals surface area contributed by atoms with Crippen LogP contribution in [0.2, 0.25) is 0 Å². The fourth-order valence-electron chi connectivity index (χ4n) is 2.03. The first kappa shape index (κ1) is 18.9. The molecule has 1 atom stereocenters. The van der Waals surface area contributed by atoms with Gasteiger partial charge in [0.25, 0.3) is 5.91 Å². The van der Waals surface area contributed by atoms with Crippen LogP contribution in [0, 0.1) is 0 Å². The summed E-state index contributed by atoms with van der Waals surface area (Å²) in [5, 5.41) is 5.61. The highest BCUT2D eigenvalue weighted by atomic mass is 31.2. The third kappa shape index (κ3) is 5.28. The molecule has 1 amide bonds. The molecule has 0 aliphatic carbocycles. The van der Waals surface area contributed by atoms with Crippen LogP contribution in [0.4, 0.5) is 0 Å². The van der Waals surface area contributed by atoms with Crippen molar-refractivity contribution in [1.29, 1.82) is 0 Å². The van der Waals surface area contributed by atoms with E-state index >= 15 is 0 Å². The number of hydrazone groups is 1. The number of benzene rings is 2. The summed E-state index contributed by atoms with van der Waals surface area (Å²) in [6.07, 6.45) is 1.51. The molecule has 0 saturated carbocycles. The molecule has 132 valence electrons. The van der Waals surface area contributed by atoms with E-state index in [1.165, 1.54) is 25.0 Å². The highest BCUT2D eigenvalue weighted by Crippen LogP contribution is 2.44. The van der Waals surface area contributed by atoms with Gasteiger partial charge in [-0.1, -0.05) is 30.3 Å². The van der Waals surface area contributed by atoms with Crippen molar-refractivity contribution in [2.45, 2.75) is 6.92 Å². The van der Waals surface area contributed by atoms with E-state index in [1.54, 1.807) is 48.5 Å². The van der Waals surface area contributed by atoms with Gasteiger partial charge in [0.2, 0.25) is 0 Å². The third-order valence-electron chi connectivity index (χ3n) is 3.41. The minimum absolute atomic E-state index is 0.198. The van der Waals surface area contributed by atoms with Crippen LogP contribution in [0.3, 0.4) is 0 Å². The third-order valence-corrected chi connectivity index (χ3v) is 4.60. The summed E-state index contributed by atoms with van der Waals surface area (Å²) in [4.78, 5) is 12.5. The number of hydrogen-bond donors (Lipinski definition) is 0. The molecule has 6 nitrogen and oxygen atoms in total. The summed E-state index contributed by atoms with van der Waals surface area (Å²) in [5.74, 6) is 0.179. The average molecular weight is 360 g/mol. The van der Waals surface area contributed by atoms with E-state index in [2.05, 4.69) is 5.10 Å². The highest BCUT2D eigenvalue weighted by molar-refractivity contribution is 7.53. The molecule has 0 bridgehead atoms. The van der Waals surface area contributed by atoms with Crippen LogP contribution in [-0.2, 0) is 9.09 Å². The van der Waals surface area contributed by atoms with Crippen molar-refractivity contribution >= 4 is 19.7 Å². The summed E-state index contributed by atoms with van der Waals surface area (Å²) in [7, 11) is -1.86. The zero-order valence-electron chi connectivity index (χ0n) is 14.5. The van der Waals surface area contributed by atoms with Crippen LogP contribution in [0.1, 0.15) is 22.8 Å². The molecular weight excluding hydrogens is 339 g/mol. The van der Waals surface area contributed by atoms with E-state index in [-0.39, 0.29) is 5.91 Å². The van der Waals surface area contributed by atoms with Crippen LogP contribution in [0.25, 0.3) is 0 Å². The predicted octanol–water partition coefficient (Wildman–Crippen LogP) is 4.03. The minimum Gasteiger partial charge on any atom is -0.424 e. The summed E-state index contributed by atoms with van der Waals surface area (Å²) in [6, 6.07) is 15.9. The Morgan fingerprint density at radius 3 is 2.44 bits per heavy atom. The Labute approximate surface area is 147 Å². The monoisotopic (exact) mass is 360 g/mol. The Morgan fingerprint density at radius 2 is 1.80 bits per heavy atom. The molecule has 0 N–H and O–H groups in total. The van der Waals surface area contributed by atoms with Crippen molar-refractivity contribution in [3.8, 4) is 5.75 Å². The van der Waals surface area contributed by atoms with Gasteiger partial charge in [-0.05, 0) is 31.2 Å². The smallest absolute Gasteiger partial charge is 0.375 e. The molecule has 0 saturated heterocycles. The Kier molecular flexibility index (Phi) is 6.51. The topological polar surface area (TPSA) is 68.2 Å². The maximum absolute atomic E-state index is 12.5. The second kappa shape index (κ2) is 8.60. The van der Waals surface area contributed by atoms with Gasteiger partial charge >= 0.3 is 7.60 Å². The van der Waals surface area contributed by atoms with Crippen LogP contribution in [-0.4, -0.2) is 37.5 Å². The number of para-hydroxylation sites is 1. The first-order valence-corrected chi connectivity index (χ1v) is 9.78. The average Bonchev–Trinajstić information content (AvgIpc) is 2.63. The van der Waals surface area contributed by atoms with Crippen molar-refractivity contribution in [3.63, 3.8) is 0 Å². The van der Waals surface area contributed by atoms with Gasteiger partial charge in [0.15, 0.2) is 0 Å². The van der Waals surface area contributed by atoms with Gasteiger partial charge in [-0.3, -0.25) is 4.79 Å². The molecule has 0 fully saturated rings. The van der Waals surface area contributed by atoms with E-state index in [0.717, 1.165) is 0 Å². The highest BCUT2D eigenvalue weighted by Gasteiger charge is 2.18. The number of amides is 1. The van der Waals surface area contributed by atoms with Gasteiger partial charge in [0, 0.05) is 31.4 Å². The standard InChI is InChI=1S/C18H21N2O4P/c1-4-20(18(21)15-10-6-5-7-11-15)19-14-16-12-8-9-13-17(16)24-25(3,22)23-2/h5-14H,4H2,1-3H3. The molecule has 2 rings (SSSR count). The Balaban J connectivity index is 2.22. The molecule has 0 heterocycles. The SMILES string of the molecule is CCN(N=Cc1ccccc1OP(C)(=O)OC)C(=O)c1ccccc1. The van der Waals surface area contributed by atoms with Gasteiger partial charge in [-0.2, -0.15) is 5.10 Å². The Hall–Kier alpha value is -2.43. The Bertz CT molecular complexity index is 793. The molecule has 0 aliphatic heterocycles. The van der Waals surface area contributed by atoms with Gasteiger partial charge in [0.05, 0.1) is 6.21 Å². The largest absolute Gasteiger partial charge is 0.424 e. The summed E-state index contributed by atoms with van der Waals surface area (Å²) in [6.45, 7) is 3.64. The first-order chi connectivity index (χ1) is 12.0. The normalized spacial score (nSPS) is 13.4. The van der Waals surface area contributed by atoms with Gasteiger partial charge in [-0.25, -0.2) is 9.57 Å². The number of hydrogen-bond acceptors (Lipinski definition) is 5. The molecular formula is C18H21N2O4P. The second-order valence-corrected chi connectivity index (χ2v) is 7.30. The number of carbonyl (C=O) groups excluding carboxylic acids is 1. The molecule has 7 heteroatoms. The maximum Gasteiger partial charge on any atom is 0.375 e. The lowest BCUT2D eigenvalue weighted by Crippen LogP contribution is -2.25. The lowest BCUT2D eigenvalue weighted by Gasteiger charge is -2.16. The predicted molar refractivity (Wildman–Crippen MR) is 98.4 cm³/mol. The first-order valence-electron chi connectivity index (χ1n) is 7.79. The zero-order chi connectivity index (χ0) is 18.3. The van der Waals surface area contributed by atoms with E-state index in [1.807, 2.05) is 13.0 Å². The van der Waals surface area contributed by atoms with E-state index in [0.29, 0.717) is 23.4 Å². The van der Waals surface area contributed by atoms with Gasteiger partial charge < -0.3 is 9.05 Å². The van der Waals surface area contributed by atoms with Crippen molar-refractivity contribution in [3.05, 3.63) is 65.7 Å². The number of rotatable bonds is 7. The Morgan fingerprint density at radius 1 is 1.16 bits per heavy atom. The molecule has 2 aromatic carbocycles.